The Morgan fingerprint density at radius 1 is 0.900 bits per heavy atom. The molecule has 6 unspecified atom stereocenters. The predicted molar refractivity (Wildman–Crippen MR) is 78.0 cm³/mol. The molecule has 0 aliphatic heterocycles. The maximum absolute atomic E-state index is 12.4. The van der Waals surface area contributed by atoms with Crippen molar-refractivity contribution < 1.29 is 9.53 Å². The van der Waals surface area contributed by atoms with Gasteiger partial charge in [0.2, 0.25) is 0 Å². The summed E-state index contributed by atoms with van der Waals surface area (Å²) in [6.07, 6.45) is 11.8. The van der Waals surface area contributed by atoms with Crippen LogP contribution in [-0.2, 0) is 9.53 Å². The van der Waals surface area contributed by atoms with E-state index in [0.717, 1.165) is 30.1 Å². The van der Waals surface area contributed by atoms with Gasteiger partial charge in [0.05, 0.1) is 5.92 Å². The normalized spacial score (nSPS) is 50.1. The molecule has 2 bridgehead atoms. The zero-order valence-corrected chi connectivity index (χ0v) is 12.7. The lowest BCUT2D eigenvalue weighted by Gasteiger charge is -2.28. The van der Waals surface area contributed by atoms with Gasteiger partial charge in [0.15, 0.2) is 0 Å². The molecule has 4 fully saturated rings. The Morgan fingerprint density at radius 2 is 1.55 bits per heavy atom. The first-order chi connectivity index (χ1) is 9.72. The van der Waals surface area contributed by atoms with Gasteiger partial charge in [0, 0.05) is 0 Å². The van der Waals surface area contributed by atoms with Crippen molar-refractivity contribution in [3.63, 3.8) is 0 Å². The highest BCUT2D eigenvalue weighted by Crippen LogP contribution is 2.59. The van der Waals surface area contributed by atoms with Crippen LogP contribution in [-0.4, -0.2) is 12.1 Å². The Bertz CT molecular complexity index is 373. The smallest absolute Gasteiger partial charge is 0.309 e. The van der Waals surface area contributed by atoms with E-state index in [-0.39, 0.29) is 18.0 Å². The summed E-state index contributed by atoms with van der Waals surface area (Å²) in [5, 5.41) is 0. The first-order valence-corrected chi connectivity index (χ1v) is 8.93. The van der Waals surface area contributed by atoms with Crippen molar-refractivity contribution in [1.82, 2.24) is 0 Å². The van der Waals surface area contributed by atoms with Gasteiger partial charge >= 0.3 is 5.97 Å². The Labute approximate surface area is 122 Å². The minimum atomic E-state index is 0.134. The second kappa shape index (κ2) is 5.03. The van der Waals surface area contributed by atoms with Gasteiger partial charge in [-0.25, -0.2) is 0 Å². The Balaban J connectivity index is 1.35. The summed E-state index contributed by atoms with van der Waals surface area (Å²) in [6, 6.07) is 0. The molecule has 0 heterocycles. The van der Waals surface area contributed by atoms with Gasteiger partial charge in [-0.2, -0.15) is 0 Å². The minimum absolute atomic E-state index is 0.134. The summed E-state index contributed by atoms with van der Waals surface area (Å²) in [6.45, 7) is 2.23. The van der Waals surface area contributed by atoms with Crippen molar-refractivity contribution in [3.8, 4) is 0 Å². The first-order valence-electron chi connectivity index (χ1n) is 8.93. The Morgan fingerprint density at radius 3 is 2.20 bits per heavy atom. The lowest BCUT2D eigenvalue weighted by Crippen LogP contribution is -2.30. The highest BCUT2D eigenvalue weighted by Gasteiger charge is 2.52. The molecular weight excluding hydrogens is 248 g/mol. The first kappa shape index (κ1) is 13.2. The van der Waals surface area contributed by atoms with Gasteiger partial charge in [0.25, 0.3) is 0 Å². The van der Waals surface area contributed by atoms with Crippen LogP contribution in [0.25, 0.3) is 0 Å². The van der Waals surface area contributed by atoms with Crippen LogP contribution in [0.4, 0.5) is 0 Å². The lowest BCUT2D eigenvalue weighted by molar-refractivity contribution is -0.157. The molecule has 0 spiro atoms. The Hall–Kier alpha value is -0.530. The third-order valence-electron chi connectivity index (χ3n) is 7.04. The van der Waals surface area contributed by atoms with Crippen LogP contribution in [0.15, 0.2) is 0 Å². The molecule has 0 aromatic heterocycles. The minimum Gasteiger partial charge on any atom is -0.462 e. The molecule has 4 aliphatic rings. The third kappa shape index (κ3) is 2.10. The average molecular weight is 276 g/mol. The van der Waals surface area contributed by atoms with E-state index in [1.807, 2.05) is 0 Å². The molecule has 0 N–H and O–H groups in total. The summed E-state index contributed by atoms with van der Waals surface area (Å²) in [5.74, 6) is 4.61. The van der Waals surface area contributed by atoms with E-state index >= 15 is 0 Å². The third-order valence-corrected chi connectivity index (χ3v) is 7.04. The maximum atomic E-state index is 12.4. The molecule has 0 aromatic carbocycles. The number of fused-ring (bicyclic) bond motifs is 5. The zero-order chi connectivity index (χ0) is 13.7. The van der Waals surface area contributed by atoms with E-state index in [9.17, 15) is 4.79 Å². The SMILES string of the molecule is CC1CCCCC1C(=O)OC1CC2C3CCC(C3)C2C1. The van der Waals surface area contributed by atoms with Crippen molar-refractivity contribution >= 4 is 5.97 Å². The van der Waals surface area contributed by atoms with Crippen molar-refractivity contribution in [2.24, 2.45) is 35.5 Å². The van der Waals surface area contributed by atoms with Crippen molar-refractivity contribution in [2.45, 2.75) is 70.8 Å². The molecule has 4 aliphatic carbocycles. The molecule has 4 rings (SSSR count). The van der Waals surface area contributed by atoms with E-state index in [1.165, 1.54) is 51.4 Å². The highest BCUT2D eigenvalue weighted by atomic mass is 16.5. The van der Waals surface area contributed by atoms with E-state index in [2.05, 4.69) is 6.92 Å². The molecule has 4 saturated carbocycles. The van der Waals surface area contributed by atoms with E-state index in [1.54, 1.807) is 0 Å². The van der Waals surface area contributed by atoms with Gasteiger partial charge in [-0.1, -0.05) is 19.8 Å². The largest absolute Gasteiger partial charge is 0.462 e. The molecule has 0 amide bonds. The second-order valence-electron chi connectivity index (χ2n) is 8.06. The van der Waals surface area contributed by atoms with Gasteiger partial charge in [-0.05, 0) is 74.5 Å². The van der Waals surface area contributed by atoms with Crippen LogP contribution in [0.3, 0.4) is 0 Å². The molecular formula is C18H28O2. The van der Waals surface area contributed by atoms with Crippen molar-refractivity contribution in [1.29, 1.82) is 0 Å². The summed E-state index contributed by atoms with van der Waals surface area (Å²) >= 11 is 0. The maximum Gasteiger partial charge on any atom is 0.309 e. The molecule has 112 valence electrons. The number of esters is 1. The summed E-state index contributed by atoms with van der Waals surface area (Å²) in [4.78, 5) is 12.4. The number of ether oxygens (including phenoxy) is 1. The molecule has 2 nitrogen and oxygen atoms in total. The lowest BCUT2D eigenvalue weighted by atomic mass is 9.80. The molecule has 2 heteroatoms. The van der Waals surface area contributed by atoms with Gasteiger partial charge in [-0.15, -0.1) is 0 Å². The number of hydrogen-bond acceptors (Lipinski definition) is 2. The average Bonchev–Trinajstić information content (AvgIpc) is 3.10. The van der Waals surface area contributed by atoms with Gasteiger partial charge in [-0.3, -0.25) is 4.79 Å². The molecule has 0 saturated heterocycles. The topological polar surface area (TPSA) is 26.3 Å². The van der Waals surface area contributed by atoms with Gasteiger partial charge in [0.1, 0.15) is 6.10 Å². The quantitative estimate of drug-likeness (QED) is 0.707. The fraction of sp³-hybridized carbons (Fsp3) is 0.944. The van der Waals surface area contributed by atoms with Crippen molar-refractivity contribution in [3.05, 3.63) is 0 Å². The summed E-state index contributed by atoms with van der Waals surface area (Å²) in [5.41, 5.74) is 0. The molecule has 0 aromatic rings. The van der Waals surface area contributed by atoms with Crippen LogP contribution in [0.5, 0.6) is 0 Å². The Kier molecular flexibility index (Phi) is 3.31. The molecule has 20 heavy (non-hydrogen) atoms. The van der Waals surface area contributed by atoms with Crippen LogP contribution in [0, 0.1) is 35.5 Å². The van der Waals surface area contributed by atoms with Crippen molar-refractivity contribution in [2.75, 3.05) is 0 Å². The molecule has 0 radical (unpaired) electrons. The highest BCUT2D eigenvalue weighted by molar-refractivity contribution is 5.73. The number of hydrogen-bond donors (Lipinski definition) is 0. The fourth-order valence-electron chi connectivity index (χ4n) is 5.98. The van der Waals surface area contributed by atoms with Crippen LogP contribution in [0.2, 0.25) is 0 Å². The number of rotatable bonds is 2. The fourth-order valence-corrected chi connectivity index (χ4v) is 5.98. The summed E-state index contributed by atoms with van der Waals surface area (Å²) in [7, 11) is 0. The zero-order valence-electron chi connectivity index (χ0n) is 12.7. The van der Waals surface area contributed by atoms with Gasteiger partial charge < -0.3 is 4.74 Å². The second-order valence-corrected chi connectivity index (χ2v) is 8.06. The van der Waals surface area contributed by atoms with E-state index in [4.69, 9.17) is 4.74 Å². The van der Waals surface area contributed by atoms with E-state index in [0.29, 0.717) is 5.92 Å². The predicted octanol–water partition coefficient (Wildman–Crippen LogP) is 4.18. The summed E-state index contributed by atoms with van der Waals surface area (Å²) < 4.78 is 5.94. The van der Waals surface area contributed by atoms with E-state index < -0.39 is 0 Å². The van der Waals surface area contributed by atoms with Crippen LogP contribution in [0.1, 0.15) is 64.7 Å². The standard InChI is InChI=1S/C18H28O2/c1-11-4-2-3-5-15(11)18(19)20-14-9-16-12-6-7-13(8-12)17(16)10-14/h11-17H,2-10H2,1H3. The number of carbonyl (C=O) groups is 1. The molecule has 6 atom stereocenters. The van der Waals surface area contributed by atoms with Crippen LogP contribution < -0.4 is 0 Å². The van der Waals surface area contributed by atoms with Crippen LogP contribution >= 0.6 is 0 Å². The number of carbonyl (C=O) groups excluding carboxylic acids is 1. The monoisotopic (exact) mass is 276 g/mol.